The van der Waals surface area contributed by atoms with E-state index in [4.69, 9.17) is 12.2 Å². The highest BCUT2D eigenvalue weighted by molar-refractivity contribution is 7.80. The number of aromatic hydroxyl groups is 1. The van der Waals surface area contributed by atoms with Gasteiger partial charge in [-0.05, 0) is 85.0 Å². The molecule has 8 heteroatoms. The molecule has 5 rings (SSSR count). The number of nitrogens with zero attached hydrogens (tertiary/aromatic N) is 3. The van der Waals surface area contributed by atoms with Gasteiger partial charge in [-0.25, -0.2) is 0 Å². The van der Waals surface area contributed by atoms with E-state index in [1.54, 1.807) is 18.3 Å². The van der Waals surface area contributed by atoms with Gasteiger partial charge < -0.3 is 25.2 Å². The number of pyridine rings is 1. The number of phenolic OH excluding ortho intramolecular Hbond substituents is 1. The first-order valence-electron chi connectivity index (χ1n) is 10.9. The Morgan fingerprint density at radius 3 is 2.41 bits per heavy atom. The predicted octanol–water partition coefficient (Wildman–Crippen LogP) is 4.71. The summed E-state index contributed by atoms with van der Waals surface area (Å²) in [6, 6.07) is 24.3. The van der Waals surface area contributed by atoms with Crippen molar-refractivity contribution in [3.05, 3.63) is 103 Å². The fraction of sp³-hybridized carbons (Fsp3) is 0.115. The highest BCUT2D eigenvalue weighted by Crippen LogP contribution is 2.42. The Hall–Kier alpha value is -4.17. The quantitative estimate of drug-likeness (QED) is 0.367. The summed E-state index contributed by atoms with van der Waals surface area (Å²) in [6.07, 6.45) is 3.78. The third kappa shape index (κ3) is 4.11. The molecule has 34 heavy (non-hydrogen) atoms. The second kappa shape index (κ2) is 8.99. The van der Waals surface area contributed by atoms with Crippen LogP contribution in [0.1, 0.15) is 30.4 Å². The first kappa shape index (κ1) is 21.7. The molecule has 0 spiro atoms. The van der Waals surface area contributed by atoms with Gasteiger partial charge >= 0.3 is 0 Å². The van der Waals surface area contributed by atoms with E-state index < -0.39 is 0 Å². The van der Waals surface area contributed by atoms with Gasteiger partial charge in [-0.3, -0.25) is 9.78 Å². The summed E-state index contributed by atoms with van der Waals surface area (Å²) in [6.45, 7) is 1.48. The maximum Gasteiger partial charge on any atom is 0.221 e. The average Bonchev–Trinajstić information content (AvgIpc) is 3.45. The highest BCUT2D eigenvalue weighted by atomic mass is 32.1. The average molecular weight is 470 g/mol. The lowest BCUT2D eigenvalue weighted by Crippen LogP contribution is -2.30. The summed E-state index contributed by atoms with van der Waals surface area (Å²) in [5.74, 6) is 0.0966. The van der Waals surface area contributed by atoms with Crippen LogP contribution in [0.3, 0.4) is 0 Å². The molecule has 0 unspecified atom stereocenters. The van der Waals surface area contributed by atoms with Gasteiger partial charge in [0.2, 0.25) is 5.91 Å². The van der Waals surface area contributed by atoms with Crippen LogP contribution in [-0.4, -0.2) is 25.7 Å². The number of carbonyl (C=O) groups is 1. The normalized spacial score (nSPS) is 17.4. The van der Waals surface area contributed by atoms with Crippen LogP contribution in [0, 0.1) is 0 Å². The second-order valence-electron chi connectivity index (χ2n) is 8.04. The molecular weight excluding hydrogens is 446 g/mol. The predicted molar refractivity (Wildman–Crippen MR) is 136 cm³/mol. The molecule has 3 N–H and O–H groups in total. The number of phenols is 1. The third-order valence-corrected chi connectivity index (χ3v) is 6.09. The molecule has 170 valence electrons. The number of aromatic nitrogens is 2. The van der Waals surface area contributed by atoms with Gasteiger partial charge in [0.1, 0.15) is 11.8 Å². The van der Waals surface area contributed by atoms with Crippen molar-refractivity contribution in [1.82, 2.24) is 14.9 Å². The Balaban J connectivity index is 1.61. The van der Waals surface area contributed by atoms with Gasteiger partial charge in [-0.2, -0.15) is 0 Å². The number of carbonyl (C=O) groups excluding carboxylic acids is 1. The topological polar surface area (TPSA) is 82.4 Å². The van der Waals surface area contributed by atoms with E-state index in [1.807, 2.05) is 66.9 Å². The van der Waals surface area contributed by atoms with Crippen LogP contribution in [0.25, 0.3) is 5.69 Å². The molecule has 0 saturated carbocycles. The zero-order chi connectivity index (χ0) is 23.7. The number of amides is 1. The molecule has 1 aliphatic heterocycles. The molecule has 1 fully saturated rings. The van der Waals surface area contributed by atoms with E-state index in [0.29, 0.717) is 5.11 Å². The van der Waals surface area contributed by atoms with E-state index in [9.17, 15) is 9.90 Å². The van der Waals surface area contributed by atoms with Crippen molar-refractivity contribution in [3.63, 3.8) is 0 Å². The lowest BCUT2D eigenvalue weighted by Gasteiger charge is -2.29. The van der Waals surface area contributed by atoms with Crippen LogP contribution in [0.5, 0.6) is 5.75 Å². The minimum absolute atomic E-state index is 0.120. The van der Waals surface area contributed by atoms with E-state index in [1.165, 1.54) is 6.92 Å². The molecule has 7 nitrogen and oxygen atoms in total. The van der Waals surface area contributed by atoms with E-state index >= 15 is 0 Å². The van der Waals surface area contributed by atoms with Gasteiger partial charge in [0, 0.05) is 42.1 Å². The van der Waals surface area contributed by atoms with Crippen molar-refractivity contribution in [3.8, 4) is 11.4 Å². The number of hydrogen-bond donors (Lipinski definition) is 3. The fourth-order valence-corrected chi connectivity index (χ4v) is 4.67. The standard InChI is InChI=1S/C26H23N5O2S/c1-17(32)28-18-7-9-20(10-8-18)31-25(24(29-26(31)34)22-5-2-3-15-27-22)23-6-4-16-30(23)19-11-13-21(33)14-12-19/h2-16,24-25,33H,1H3,(H,28,32)(H,29,34)/t24-,25-/m1/s1. The Labute approximate surface area is 202 Å². The van der Waals surface area contributed by atoms with Crippen molar-refractivity contribution in [1.29, 1.82) is 0 Å². The van der Waals surface area contributed by atoms with Crippen molar-refractivity contribution < 1.29 is 9.90 Å². The molecule has 4 aromatic rings. The van der Waals surface area contributed by atoms with Crippen LogP contribution in [0.2, 0.25) is 0 Å². The van der Waals surface area contributed by atoms with Crippen molar-refractivity contribution >= 4 is 34.6 Å². The SMILES string of the molecule is CC(=O)Nc1ccc(N2C(=S)N[C@H](c3ccccn3)[C@H]2c2cccn2-c2ccc(O)cc2)cc1. The van der Waals surface area contributed by atoms with E-state index in [-0.39, 0.29) is 23.7 Å². The van der Waals surface area contributed by atoms with Crippen molar-refractivity contribution in [2.24, 2.45) is 0 Å². The van der Waals surface area contributed by atoms with E-state index in [2.05, 4.69) is 31.2 Å². The molecule has 2 aromatic carbocycles. The van der Waals surface area contributed by atoms with Crippen LogP contribution in [0.4, 0.5) is 11.4 Å². The van der Waals surface area contributed by atoms with Gasteiger partial charge in [0.25, 0.3) is 0 Å². The van der Waals surface area contributed by atoms with Gasteiger partial charge in [0.15, 0.2) is 5.11 Å². The summed E-state index contributed by atoms with van der Waals surface area (Å²) in [5.41, 5.74) is 4.44. The first-order chi connectivity index (χ1) is 16.5. The molecule has 1 saturated heterocycles. The number of hydrogen-bond acceptors (Lipinski definition) is 4. The van der Waals surface area contributed by atoms with Crippen molar-refractivity contribution in [2.45, 2.75) is 19.0 Å². The lowest BCUT2D eigenvalue weighted by atomic mass is 10.0. The maximum absolute atomic E-state index is 11.4. The van der Waals surface area contributed by atoms with Crippen LogP contribution in [0.15, 0.2) is 91.3 Å². The van der Waals surface area contributed by atoms with Crippen LogP contribution in [-0.2, 0) is 4.79 Å². The number of nitrogens with one attached hydrogen (secondary N) is 2. The van der Waals surface area contributed by atoms with Crippen molar-refractivity contribution in [2.75, 3.05) is 10.2 Å². The highest BCUT2D eigenvalue weighted by Gasteiger charge is 2.42. The molecule has 2 aromatic heterocycles. The zero-order valence-electron chi connectivity index (χ0n) is 18.4. The van der Waals surface area contributed by atoms with Gasteiger partial charge in [0.05, 0.1) is 11.7 Å². The lowest BCUT2D eigenvalue weighted by molar-refractivity contribution is -0.114. The summed E-state index contributed by atoms with van der Waals surface area (Å²) < 4.78 is 2.09. The van der Waals surface area contributed by atoms with E-state index in [0.717, 1.165) is 28.5 Å². The molecular formula is C26H23N5O2S. The van der Waals surface area contributed by atoms with Crippen LogP contribution >= 0.6 is 12.2 Å². The smallest absolute Gasteiger partial charge is 0.221 e. The fourth-order valence-electron chi connectivity index (χ4n) is 4.33. The number of rotatable bonds is 5. The molecule has 1 amide bonds. The Kier molecular flexibility index (Phi) is 5.73. The summed E-state index contributed by atoms with van der Waals surface area (Å²) >= 11 is 5.81. The summed E-state index contributed by atoms with van der Waals surface area (Å²) in [7, 11) is 0. The molecule has 3 heterocycles. The van der Waals surface area contributed by atoms with Gasteiger partial charge in [-0.1, -0.05) is 6.07 Å². The molecule has 0 aliphatic carbocycles. The molecule has 0 radical (unpaired) electrons. The molecule has 2 atom stereocenters. The van der Waals surface area contributed by atoms with Crippen LogP contribution < -0.4 is 15.5 Å². The third-order valence-electron chi connectivity index (χ3n) is 5.78. The first-order valence-corrected chi connectivity index (χ1v) is 11.3. The zero-order valence-corrected chi connectivity index (χ0v) is 19.2. The Morgan fingerprint density at radius 1 is 1.00 bits per heavy atom. The second-order valence-corrected chi connectivity index (χ2v) is 8.43. The van der Waals surface area contributed by atoms with Gasteiger partial charge in [-0.15, -0.1) is 0 Å². The number of anilines is 2. The molecule has 0 bridgehead atoms. The maximum atomic E-state index is 11.4. The molecule has 1 aliphatic rings. The number of thiocarbonyl (C=S) groups is 1. The summed E-state index contributed by atoms with van der Waals surface area (Å²) in [4.78, 5) is 18.1. The summed E-state index contributed by atoms with van der Waals surface area (Å²) in [5, 5.41) is 16.6. The Bertz CT molecular complexity index is 1320. The monoisotopic (exact) mass is 469 g/mol. The largest absolute Gasteiger partial charge is 0.508 e. The Morgan fingerprint density at radius 2 is 1.74 bits per heavy atom. The minimum Gasteiger partial charge on any atom is -0.508 e. The number of benzene rings is 2. The minimum atomic E-state index is -0.196.